The van der Waals surface area contributed by atoms with Gasteiger partial charge in [0.1, 0.15) is 0 Å². The second-order valence-corrected chi connectivity index (χ2v) is 2.69. The van der Waals surface area contributed by atoms with E-state index < -0.39 is 11.4 Å². The quantitative estimate of drug-likeness (QED) is 0.505. The van der Waals surface area contributed by atoms with Crippen molar-refractivity contribution in [2.75, 3.05) is 0 Å². The van der Waals surface area contributed by atoms with E-state index in [0.29, 0.717) is 12.8 Å². The van der Waals surface area contributed by atoms with E-state index in [1.54, 1.807) is 0 Å². The highest BCUT2D eigenvalue weighted by Gasteiger charge is 2.35. The third-order valence-electron chi connectivity index (χ3n) is 2.06. The molecule has 54 valence electrons. The fourth-order valence-corrected chi connectivity index (χ4v) is 1.34. The van der Waals surface area contributed by atoms with Gasteiger partial charge in [0, 0.05) is 0 Å². The Morgan fingerprint density at radius 3 is 2.20 bits per heavy atom. The molecule has 3 nitrogen and oxygen atoms in total. The van der Waals surface area contributed by atoms with Crippen LogP contribution in [0.4, 0.5) is 0 Å². The van der Waals surface area contributed by atoms with Crippen molar-refractivity contribution in [3.05, 3.63) is 0 Å². The average molecular weight is 138 g/mol. The van der Waals surface area contributed by atoms with Crippen LogP contribution in [0, 0.1) is 16.7 Å². The molecule has 0 amide bonds. The maximum absolute atomic E-state index is 10.4. The first-order valence-electron chi connectivity index (χ1n) is 3.34. The summed E-state index contributed by atoms with van der Waals surface area (Å²) >= 11 is 0. The average Bonchev–Trinajstić information content (AvgIpc) is 2.35. The Balaban J connectivity index is 2.80. The molecule has 0 atom stereocenters. The van der Waals surface area contributed by atoms with E-state index >= 15 is 0 Å². The largest absolute Gasteiger partial charge is 0.548 e. The number of hydrogen-bond donors (Lipinski definition) is 0. The molecule has 1 fully saturated rings. The summed E-state index contributed by atoms with van der Waals surface area (Å²) in [5.74, 6) is -1.20. The van der Waals surface area contributed by atoms with Gasteiger partial charge in [0.05, 0.1) is 17.5 Å². The zero-order valence-electron chi connectivity index (χ0n) is 5.59. The SMILES string of the molecule is N#CC1(C(=O)[O-])CCCC1. The summed E-state index contributed by atoms with van der Waals surface area (Å²) in [5, 5.41) is 18.9. The van der Waals surface area contributed by atoms with Gasteiger partial charge in [0.25, 0.3) is 0 Å². The van der Waals surface area contributed by atoms with Crippen LogP contribution in [0.2, 0.25) is 0 Å². The summed E-state index contributed by atoms with van der Waals surface area (Å²) in [6, 6.07) is 1.81. The smallest absolute Gasteiger partial charge is 0.0966 e. The Morgan fingerprint density at radius 1 is 1.50 bits per heavy atom. The van der Waals surface area contributed by atoms with Crippen LogP contribution >= 0.6 is 0 Å². The second kappa shape index (κ2) is 2.30. The first-order valence-corrected chi connectivity index (χ1v) is 3.34. The van der Waals surface area contributed by atoms with Gasteiger partial charge in [-0.05, 0) is 12.8 Å². The van der Waals surface area contributed by atoms with E-state index in [-0.39, 0.29) is 0 Å². The molecule has 0 heterocycles. The maximum atomic E-state index is 10.4. The van der Waals surface area contributed by atoms with Gasteiger partial charge in [0.2, 0.25) is 0 Å². The molecular formula is C7H8NO2-. The van der Waals surface area contributed by atoms with Crippen LogP contribution in [0.25, 0.3) is 0 Å². The first kappa shape index (κ1) is 7.07. The Hall–Kier alpha value is -1.04. The number of carboxylic acid groups (broad SMARTS) is 1. The molecule has 0 aromatic rings. The van der Waals surface area contributed by atoms with Gasteiger partial charge in [-0.1, -0.05) is 12.8 Å². The van der Waals surface area contributed by atoms with Crippen LogP contribution < -0.4 is 5.11 Å². The molecule has 0 aliphatic heterocycles. The molecule has 1 rings (SSSR count). The van der Waals surface area contributed by atoms with Crippen molar-refractivity contribution in [2.45, 2.75) is 25.7 Å². The lowest BCUT2D eigenvalue weighted by Crippen LogP contribution is -2.39. The standard InChI is InChI=1S/C7H9NO2/c8-5-7(6(9)10)3-1-2-4-7/h1-4H2,(H,9,10)/p-1. The van der Waals surface area contributed by atoms with Gasteiger partial charge in [0.15, 0.2) is 0 Å². The number of nitriles is 1. The highest BCUT2D eigenvalue weighted by Crippen LogP contribution is 2.36. The minimum absolute atomic E-state index is 0.464. The lowest BCUT2D eigenvalue weighted by atomic mass is 9.89. The summed E-state index contributed by atoms with van der Waals surface area (Å²) in [5.41, 5.74) is -1.15. The topological polar surface area (TPSA) is 63.9 Å². The molecule has 0 N–H and O–H groups in total. The van der Waals surface area contributed by atoms with Gasteiger partial charge in [-0.3, -0.25) is 0 Å². The second-order valence-electron chi connectivity index (χ2n) is 2.69. The zero-order chi connectivity index (χ0) is 7.61. The van der Waals surface area contributed by atoms with Crippen LogP contribution in [0.3, 0.4) is 0 Å². The number of nitrogens with zero attached hydrogens (tertiary/aromatic N) is 1. The molecule has 0 aromatic carbocycles. The third kappa shape index (κ3) is 0.860. The number of carbonyl (C=O) groups is 1. The highest BCUT2D eigenvalue weighted by molar-refractivity contribution is 5.76. The normalized spacial score (nSPS) is 21.9. The van der Waals surface area contributed by atoms with Crippen LogP contribution in [0.15, 0.2) is 0 Å². The van der Waals surface area contributed by atoms with Gasteiger partial charge in [-0.2, -0.15) is 5.26 Å². The molecule has 0 unspecified atom stereocenters. The fourth-order valence-electron chi connectivity index (χ4n) is 1.34. The van der Waals surface area contributed by atoms with Crippen molar-refractivity contribution in [2.24, 2.45) is 5.41 Å². The van der Waals surface area contributed by atoms with E-state index in [1.807, 2.05) is 6.07 Å². The molecule has 0 radical (unpaired) electrons. The number of rotatable bonds is 1. The van der Waals surface area contributed by atoms with E-state index in [1.165, 1.54) is 0 Å². The molecule has 0 saturated heterocycles. The summed E-state index contributed by atoms with van der Waals surface area (Å²) in [7, 11) is 0. The van der Waals surface area contributed by atoms with Crippen molar-refractivity contribution in [1.82, 2.24) is 0 Å². The predicted octanol–water partition coefficient (Wildman–Crippen LogP) is -0.180. The molecule has 0 spiro atoms. The van der Waals surface area contributed by atoms with Crippen LogP contribution in [-0.4, -0.2) is 5.97 Å². The van der Waals surface area contributed by atoms with E-state index in [2.05, 4.69) is 0 Å². The van der Waals surface area contributed by atoms with Gasteiger partial charge < -0.3 is 9.90 Å². The van der Waals surface area contributed by atoms with Crippen LogP contribution in [0.1, 0.15) is 25.7 Å². The first-order chi connectivity index (χ1) is 4.71. The Morgan fingerprint density at radius 2 is 2.00 bits per heavy atom. The third-order valence-corrected chi connectivity index (χ3v) is 2.06. The molecule has 0 bridgehead atoms. The Labute approximate surface area is 59.3 Å². The molecule has 1 saturated carbocycles. The molecular weight excluding hydrogens is 130 g/mol. The van der Waals surface area contributed by atoms with E-state index in [4.69, 9.17) is 5.26 Å². The highest BCUT2D eigenvalue weighted by atomic mass is 16.4. The Bertz CT molecular complexity index is 186. The predicted molar refractivity (Wildman–Crippen MR) is 31.5 cm³/mol. The van der Waals surface area contributed by atoms with E-state index in [9.17, 15) is 9.90 Å². The lowest BCUT2D eigenvalue weighted by Gasteiger charge is -2.20. The van der Waals surface area contributed by atoms with Crippen molar-refractivity contribution in [1.29, 1.82) is 5.26 Å². The van der Waals surface area contributed by atoms with Crippen molar-refractivity contribution in [3.63, 3.8) is 0 Å². The van der Waals surface area contributed by atoms with Gasteiger partial charge in [-0.25, -0.2) is 0 Å². The molecule has 0 aromatic heterocycles. The maximum Gasteiger partial charge on any atom is 0.0966 e. The van der Waals surface area contributed by atoms with Crippen molar-refractivity contribution in [3.8, 4) is 6.07 Å². The monoisotopic (exact) mass is 138 g/mol. The molecule has 1 aliphatic carbocycles. The number of carboxylic acids is 1. The summed E-state index contributed by atoms with van der Waals surface area (Å²) in [6.45, 7) is 0. The summed E-state index contributed by atoms with van der Waals surface area (Å²) in [6.07, 6.45) is 2.60. The number of hydrogen-bond acceptors (Lipinski definition) is 3. The fraction of sp³-hybridized carbons (Fsp3) is 0.714. The number of aliphatic carboxylic acids is 1. The molecule has 1 aliphatic rings. The minimum atomic E-state index is -1.20. The molecule has 10 heavy (non-hydrogen) atoms. The van der Waals surface area contributed by atoms with Gasteiger partial charge in [-0.15, -0.1) is 0 Å². The van der Waals surface area contributed by atoms with Crippen LogP contribution in [-0.2, 0) is 4.79 Å². The zero-order valence-corrected chi connectivity index (χ0v) is 5.59. The lowest BCUT2D eigenvalue weighted by molar-refractivity contribution is -0.315. The summed E-state index contributed by atoms with van der Waals surface area (Å²) in [4.78, 5) is 10.4. The van der Waals surface area contributed by atoms with Gasteiger partial charge >= 0.3 is 0 Å². The summed E-state index contributed by atoms with van der Waals surface area (Å²) < 4.78 is 0. The molecule has 3 heteroatoms. The van der Waals surface area contributed by atoms with Crippen LogP contribution in [0.5, 0.6) is 0 Å². The van der Waals surface area contributed by atoms with Crippen molar-refractivity contribution >= 4 is 5.97 Å². The number of carbonyl (C=O) groups excluding carboxylic acids is 1. The van der Waals surface area contributed by atoms with E-state index in [0.717, 1.165) is 12.8 Å². The minimum Gasteiger partial charge on any atom is -0.548 e. The Kier molecular flexibility index (Phi) is 1.62. The van der Waals surface area contributed by atoms with Crippen molar-refractivity contribution < 1.29 is 9.90 Å².